The number of likely N-dealkylation sites (tertiary alicyclic amines) is 1. The number of hydrogen-bond donors (Lipinski definition) is 4. The summed E-state index contributed by atoms with van der Waals surface area (Å²) in [4.78, 5) is 31.2. The summed E-state index contributed by atoms with van der Waals surface area (Å²) in [6.07, 6.45) is -0.300. The average molecular weight is 648 g/mol. The number of nitrogens with zero attached hydrogens (tertiary/aromatic N) is 2. The molecule has 1 aromatic rings. The minimum atomic E-state index is -1.41. The maximum absolute atomic E-state index is 13.6. The predicted molar refractivity (Wildman–Crippen MR) is 167 cm³/mol. The number of aliphatic hydroxyl groups excluding tert-OH is 3. The van der Waals surface area contributed by atoms with Gasteiger partial charge < -0.3 is 35.0 Å². The van der Waals surface area contributed by atoms with Crippen LogP contribution in [0.3, 0.4) is 0 Å². The molecule has 0 saturated carbocycles. The van der Waals surface area contributed by atoms with Crippen molar-refractivity contribution in [3.8, 4) is 0 Å². The molecule has 0 aliphatic carbocycles. The molecule has 3 saturated heterocycles. The first-order valence-electron chi connectivity index (χ1n) is 14.5. The van der Waals surface area contributed by atoms with Crippen LogP contribution in [0.5, 0.6) is 0 Å². The second-order valence-corrected chi connectivity index (χ2v) is 13.7. The smallest absolute Gasteiger partial charge is 0.254 e. The Bertz CT molecular complexity index is 1020. The van der Waals surface area contributed by atoms with Crippen LogP contribution in [0.1, 0.15) is 43.5 Å². The van der Waals surface area contributed by atoms with Crippen molar-refractivity contribution in [1.82, 2.24) is 15.1 Å². The number of nitrogens with one attached hydrogen (secondary N) is 1. The van der Waals surface area contributed by atoms with Crippen molar-refractivity contribution in [2.75, 3.05) is 46.2 Å². The molecule has 3 fully saturated rings. The number of thioether (sulfide) groups is 2. The van der Waals surface area contributed by atoms with Gasteiger partial charge in [0.15, 0.2) is 0 Å². The lowest BCUT2D eigenvalue weighted by Gasteiger charge is -2.44. The number of aliphatic hydroxyl groups is 3. The Labute approximate surface area is 263 Å². The fraction of sp³-hybridized carbons (Fsp3) is 0.724. The highest BCUT2D eigenvalue weighted by Crippen LogP contribution is 2.34. The first kappa shape index (κ1) is 35.4. The number of carbonyl (C=O) groups excluding carboxylic acids is 2. The van der Waals surface area contributed by atoms with Gasteiger partial charge >= 0.3 is 0 Å². The molecule has 13 heteroatoms. The van der Waals surface area contributed by atoms with E-state index < -0.39 is 35.9 Å². The third-order valence-corrected chi connectivity index (χ3v) is 10.4. The third kappa shape index (κ3) is 8.33. The molecule has 2 amide bonds. The van der Waals surface area contributed by atoms with E-state index >= 15 is 0 Å². The van der Waals surface area contributed by atoms with Crippen molar-refractivity contribution < 1.29 is 34.4 Å². The second kappa shape index (κ2) is 16.3. The SMILES string of the molecule is CCC[C@@H]1C[C@@H](C(=O)N[C@@H]([C@H]2O[C@H](SC)[C@H](O)[C@@H](O)[C@H]2O)[C@H](C)Sc2ccc(C(=O)N3CCOCC3)cc2)N(C)C1.Cl. The molecule has 0 spiro atoms. The molecule has 0 aromatic heterocycles. The van der Waals surface area contributed by atoms with Gasteiger partial charge in [0.25, 0.3) is 5.91 Å². The van der Waals surface area contributed by atoms with Crippen molar-refractivity contribution in [3.63, 3.8) is 0 Å². The Morgan fingerprint density at radius 1 is 1.10 bits per heavy atom. The van der Waals surface area contributed by atoms with Crippen LogP contribution in [0, 0.1) is 5.92 Å². The molecule has 4 rings (SSSR count). The maximum atomic E-state index is 13.6. The summed E-state index contributed by atoms with van der Waals surface area (Å²) < 4.78 is 11.5. The molecule has 238 valence electrons. The summed E-state index contributed by atoms with van der Waals surface area (Å²) in [6.45, 7) is 7.18. The van der Waals surface area contributed by atoms with Gasteiger partial charge in [-0.15, -0.1) is 35.9 Å². The fourth-order valence-corrected chi connectivity index (χ4v) is 7.81. The number of ether oxygens (including phenoxy) is 2. The lowest BCUT2D eigenvalue weighted by Crippen LogP contribution is -2.65. The Morgan fingerprint density at radius 2 is 1.76 bits per heavy atom. The van der Waals surface area contributed by atoms with Gasteiger partial charge in [0.05, 0.1) is 25.3 Å². The average Bonchev–Trinajstić information content (AvgIpc) is 3.35. The van der Waals surface area contributed by atoms with Gasteiger partial charge in [-0.1, -0.05) is 20.3 Å². The number of amides is 2. The quantitative estimate of drug-likeness (QED) is 0.279. The van der Waals surface area contributed by atoms with Crippen LogP contribution < -0.4 is 5.32 Å². The first-order valence-corrected chi connectivity index (χ1v) is 16.7. The number of benzene rings is 1. The number of rotatable bonds is 10. The maximum Gasteiger partial charge on any atom is 0.254 e. The van der Waals surface area contributed by atoms with Gasteiger partial charge in [0.2, 0.25) is 5.91 Å². The van der Waals surface area contributed by atoms with E-state index in [1.165, 1.54) is 23.5 Å². The number of hydrogen-bond acceptors (Lipinski definition) is 10. The molecular weight excluding hydrogens is 602 g/mol. The largest absolute Gasteiger partial charge is 0.388 e. The first-order chi connectivity index (χ1) is 19.6. The van der Waals surface area contributed by atoms with E-state index in [1.54, 1.807) is 23.3 Å². The zero-order valence-electron chi connectivity index (χ0n) is 24.8. The van der Waals surface area contributed by atoms with Gasteiger partial charge in [-0.25, -0.2) is 0 Å². The van der Waals surface area contributed by atoms with Crippen molar-refractivity contribution in [2.24, 2.45) is 5.92 Å². The molecular formula is C29H46ClN3O7S2. The molecule has 10 nitrogen and oxygen atoms in total. The number of carbonyl (C=O) groups is 2. The fourth-order valence-electron chi connectivity index (χ4n) is 6.03. The Morgan fingerprint density at radius 3 is 2.38 bits per heavy atom. The molecule has 3 heterocycles. The molecule has 4 N–H and O–H groups in total. The number of morpholine rings is 1. The van der Waals surface area contributed by atoms with E-state index in [0.29, 0.717) is 37.8 Å². The second-order valence-electron chi connectivity index (χ2n) is 11.3. The zero-order chi connectivity index (χ0) is 29.7. The standard InChI is InChI=1S/C29H45N3O7S2.ClH/c1-5-6-18-15-21(31(3)16-18)27(36)30-22(26-24(34)23(33)25(35)29(39-26)40-4)17(2)41-20-9-7-19(8-10-20)28(37)32-11-13-38-14-12-32;/h7-10,17-18,21-26,29,33-35H,5-6,11-16H2,1-4H3,(H,30,36);1H/t17-,18+,21-,22+,23-,24+,25+,26+,29+;/m0./s1. The Hall–Kier alpha value is -1.09. The predicted octanol–water partition coefficient (Wildman–Crippen LogP) is 1.84. The molecule has 3 aliphatic rings. The van der Waals surface area contributed by atoms with Crippen LogP contribution >= 0.6 is 35.9 Å². The monoisotopic (exact) mass is 647 g/mol. The van der Waals surface area contributed by atoms with Crippen molar-refractivity contribution in [1.29, 1.82) is 0 Å². The van der Waals surface area contributed by atoms with E-state index in [1.807, 2.05) is 26.1 Å². The van der Waals surface area contributed by atoms with Crippen molar-refractivity contribution in [2.45, 2.75) is 85.2 Å². The van der Waals surface area contributed by atoms with Crippen LogP contribution in [0.15, 0.2) is 29.2 Å². The van der Waals surface area contributed by atoms with Crippen LogP contribution in [0.2, 0.25) is 0 Å². The van der Waals surface area contributed by atoms with Crippen LogP contribution in [-0.4, -0.2) is 130 Å². The van der Waals surface area contributed by atoms with E-state index in [-0.39, 0.29) is 35.5 Å². The minimum absolute atomic E-state index is 0. The van der Waals surface area contributed by atoms with Gasteiger partial charge in [0, 0.05) is 35.3 Å². The van der Waals surface area contributed by atoms with E-state index in [4.69, 9.17) is 9.47 Å². The zero-order valence-corrected chi connectivity index (χ0v) is 27.2. The summed E-state index contributed by atoms with van der Waals surface area (Å²) in [5.74, 6) is 0.297. The third-order valence-electron chi connectivity index (χ3n) is 8.36. The van der Waals surface area contributed by atoms with Crippen LogP contribution in [0.4, 0.5) is 0 Å². The summed E-state index contributed by atoms with van der Waals surface area (Å²) in [5.41, 5.74) is -0.144. The summed E-state index contributed by atoms with van der Waals surface area (Å²) in [5, 5.41) is 35.0. The summed E-state index contributed by atoms with van der Waals surface area (Å²) in [7, 11) is 1.96. The van der Waals surface area contributed by atoms with Crippen LogP contribution in [-0.2, 0) is 14.3 Å². The van der Waals surface area contributed by atoms with Gasteiger partial charge in [0.1, 0.15) is 29.9 Å². The van der Waals surface area contributed by atoms with Crippen molar-refractivity contribution in [3.05, 3.63) is 29.8 Å². The number of halogens is 1. The number of likely N-dealkylation sites (N-methyl/N-ethyl adjacent to an activating group) is 1. The molecule has 0 unspecified atom stereocenters. The van der Waals surface area contributed by atoms with Crippen LogP contribution in [0.25, 0.3) is 0 Å². The lowest BCUT2D eigenvalue weighted by molar-refractivity contribution is -0.205. The normalized spacial score (nSPS) is 31.7. The van der Waals surface area contributed by atoms with E-state index in [0.717, 1.165) is 30.7 Å². The van der Waals surface area contributed by atoms with Gasteiger partial charge in [-0.2, -0.15) is 0 Å². The highest BCUT2D eigenvalue weighted by Gasteiger charge is 2.49. The van der Waals surface area contributed by atoms with Crippen molar-refractivity contribution >= 4 is 47.7 Å². The summed E-state index contributed by atoms with van der Waals surface area (Å²) in [6, 6.07) is 6.43. The van der Waals surface area contributed by atoms with E-state index in [2.05, 4.69) is 17.1 Å². The molecule has 9 atom stereocenters. The molecule has 1 aromatic carbocycles. The molecule has 0 bridgehead atoms. The minimum Gasteiger partial charge on any atom is -0.388 e. The molecule has 0 radical (unpaired) electrons. The highest BCUT2D eigenvalue weighted by molar-refractivity contribution is 8.00. The lowest BCUT2D eigenvalue weighted by atomic mass is 9.92. The van der Waals surface area contributed by atoms with Gasteiger partial charge in [-0.3, -0.25) is 14.5 Å². The Balaban J connectivity index is 0.00000484. The highest BCUT2D eigenvalue weighted by atomic mass is 35.5. The molecule has 3 aliphatic heterocycles. The summed E-state index contributed by atoms with van der Waals surface area (Å²) >= 11 is 2.74. The Kier molecular flexibility index (Phi) is 13.7. The topological polar surface area (TPSA) is 132 Å². The molecule has 42 heavy (non-hydrogen) atoms. The van der Waals surface area contributed by atoms with E-state index in [9.17, 15) is 24.9 Å². The van der Waals surface area contributed by atoms with Gasteiger partial charge in [-0.05, 0) is 56.3 Å².